The molecule has 4 heterocycles. The minimum absolute atomic E-state index is 0. The van der Waals surface area contributed by atoms with Gasteiger partial charge in [0.05, 0.1) is 30.8 Å². The number of pyridine rings is 1. The Morgan fingerprint density at radius 3 is 2.36 bits per heavy atom. The van der Waals surface area contributed by atoms with Crippen LogP contribution in [-0.2, 0) is 29.9 Å². The zero-order chi connectivity index (χ0) is 31.2. The molecule has 3 saturated heterocycles. The van der Waals surface area contributed by atoms with E-state index in [2.05, 4.69) is 16.0 Å². The first kappa shape index (κ1) is 35.6. The quantitative estimate of drug-likeness (QED) is 0.331. The van der Waals surface area contributed by atoms with E-state index < -0.39 is 15.6 Å². The summed E-state index contributed by atoms with van der Waals surface area (Å²) in [4.78, 5) is 22.2. The van der Waals surface area contributed by atoms with Crippen molar-refractivity contribution in [3.05, 3.63) is 53.3 Å². The van der Waals surface area contributed by atoms with Crippen molar-refractivity contribution in [1.29, 1.82) is 0 Å². The normalized spacial score (nSPS) is 21.0. The van der Waals surface area contributed by atoms with Gasteiger partial charge in [0.15, 0.2) is 0 Å². The zero-order valence-electron chi connectivity index (χ0n) is 26.9. The van der Waals surface area contributed by atoms with E-state index in [1.54, 1.807) is 43.6 Å². The number of rotatable bonds is 12. The third-order valence-electron chi connectivity index (χ3n) is 9.44. The van der Waals surface area contributed by atoms with E-state index in [4.69, 9.17) is 14.2 Å². The molecule has 10 nitrogen and oxygen atoms in total. The Labute approximate surface area is 274 Å². The number of aryl methyl sites for hydroxylation is 2. The molecule has 3 aliphatic heterocycles. The molecule has 3 fully saturated rings. The topological polar surface area (TPSA) is 102 Å². The van der Waals surface area contributed by atoms with E-state index in [-0.39, 0.29) is 37.6 Å². The number of hydrogen-bond acceptors (Lipinski definition) is 8. The number of methoxy groups -OCH3 is 1. The maximum Gasteiger partial charge on any atom is 0.248 e. The van der Waals surface area contributed by atoms with Gasteiger partial charge in [0, 0.05) is 50.2 Å². The van der Waals surface area contributed by atoms with Gasteiger partial charge < -0.3 is 24.0 Å². The first-order chi connectivity index (χ1) is 21.2. The van der Waals surface area contributed by atoms with E-state index in [1.807, 2.05) is 17.2 Å². The second-order valence-electron chi connectivity index (χ2n) is 12.4. The number of sulfonamides is 1. The Morgan fingerprint density at radius 2 is 1.71 bits per heavy atom. The fourth-order valence-electron chi connectivity index (χ4n) is 7.03. The average molecular weight is 665 g/mol. The molecule has 5 rings (SSSR count). The van der Waals surface area contributed by atoms with Gasteiger partial charge >= 0.3 is 0 Å². The molecule has 0 unspecified atom stereocenters. The summed E-state index contributed by atoms with van der Waals surface area (Å²) >= 11 is 0. The van der Waals surface area contributed by atoms with Crippen LogP contribution in [0.15, 0.2) is 41.6 Å². The summed E-state index contributed by atoms with van der Waals surface area (Å²) in [5, 5.41) is 0. The fourth-order valence-corrected chi connectivity index (χ4v) is 9.12. The molecule has 1 atom stereocenters. The number of likely N-dealkylation sites (tertiary alicyclic amines) is 2. The summed E-state index contributed by atoms with van der Waals surface area (Å²) in [5.74, 6) is 0.564. The number of benzene rings is 1. The van der Waals surface area contributed by atoms with Crippen LogP contribution in [0, 0.1) is 13.8 Å². The number of hydrogen-bond donors (Lipinski definition) is 0. The molecular formula is C33H49ClN4O6S. The predicted molar refractivity (Wildman–Crippen MR) is 175 cm³/mol. The van der Waals surface area contributed by atoms with Crippen LogP contribution in [0.2, 0.25) is 0 Å². The number of halogens is 1. The van der Waals surface area contributed by atoms with Crippen LogP contribution in [0.1, 0.15) is 61.6 Å². The third kappa shape index (κ3) is 8.36. The van der Waals surface area contributed by atoms with Crippen molar-refractivity contribution in [2.75, 3.05) is 66.2 Å². The highest BCUT2D eigenvalue weighted by Crippen LogP contribution is 2.37. The van der Waals surface area contributed by atoms with Gasteiger partial charge in [-0.1, -0.05) is 12.5 Å². The molecular weight excluding hydrogens is 616 g/mol. The van der Waals surface area contributed by atoms with E-state index in [1.165, 1.54) is 12.8 Å². The predicted octanol–water partition coefficient (Wildman–Crippen LogP) is 4.32. The Hall–Kier alpha value is -2.28. The summed E-state index contributed by atoms with van der Waals surface area (Å²) < 4.78 is 47.1. The second kappa shape index (κ2) is 16.0. The molecule has 2 aromatic rings. The highest BCUT2D eigenvalue weighted by Gasteiger charge is 2.39. The van der Waals surface area contributed by atoms with Crippen molar-refractivity contribution >= 4 is 28.3 Å². The standard InChI is InChI=1S/C33H48N4O6S.ClH/c1-26-21-30(41-3)22-27(2)32(26)44(39,40)37-16-5-4-10-29(37)24-42-25-31(38)36-17-11-33(12-18-36,28-9-8-13-34-23-28)43-20-19-35-14-6-7-15-35;/h8-9,13,21-23,29H,4-7,10-12,14-20,24-25H2,1-3H3;1H/t29-;/m0./s1. The highest BCUT2D eigenvalue weighted by molar-refractivity contribution is 7.89. The second-order valence-corrected chi connectivity index (χ2v) is 14.2. The number of aromatic nitrogens is 1. The van der Waals surface area contributed by atoms with Crippen LogP contribution in [-0.4, -0.2) is 106 Å². The van der Waals surface area contributed by atoms with Gasteiger partial charge in [-0.3, -0.25) is 9.78 Å². The molecule has 0 spiro atoms. The van der Waals surface area contributed by atoms with Crippen LogP contribution in [0.3, 0.4) is 0 Å². The summed E-state index contributed by atoms with van der Waals surface area (Å²) in [5.41, 5.74) is 1.93. The summed E-state index contributed by atoms with van der Waals surface area (Å²) in [7, 11) is -2.16. The molecule has 0 radical (unpaired) electrons. The van der Waals surface area contributed by atoms with Gasteiger partial charge in [0.25, 0.3) is 0 Å². The molecule has 0 aliphatic carbocycles. The number of piperidine rings is 2. The highest BCUT2D eigenvalue weighted by atomic mass is 35.5. The van der Waals surface area contributed by atoms with Gasteiger partial charge in [-0.25, -0.2) is 8.42 Å². The SMILES string of the molecule is COc1cc(C)c(S(=O)(=O)N2CCCC[C@H]2COCC(=O)N2CCC(OCCN3CCCC3)(c3cccnc3)CC2)c(C)c1.Cl. The van der Waals surface area contributed by atoms with Gasteiger partial charge in [0.2, 0.25) is 15.9 Å². The van der Waals surface area contributed by atoms with Gasteiger partial charge in [0.1, 0.15) is 12.4 Å². The molecule has 250 valence electrons. The molecule has 3 aliphatic rings. The molecule has 12 heteroatoms. The molecule has 1 aromatic heterocycles. The number of nitrogens with zero attached hydrogens (tertiary/aromatic N) is 4. The Morgan fingerprint density at radius 1 is 1.02 bits per heavy atom. The molecule has 45 heavy (non-hydrogen) atoms. The fraction of sp³-hybridized carbons (Fsp3) is 0.636. The van der Waals surface area contributed by atoms with Crippen molar-refractivity contribution in [1.82, 2.24) is 19.1 Å². The van der Waals surface area contributed by atoms with Gasteiger partial charge in [-0.05, 0) is 94.8 Å². The molecule has 0 saturated carbocycles. The van der Waals surface area contributed by atoms with Crippen molar-refractivity contribution in [2.24, 2.45) is 0 Å². The lowest BCUT2D eigenvalue weighted by Gasteiger charge is -2.42. The monoisotopic (exact) mass is 664 g/mol. The van der Waals surface area contributed by atoms with Gasteiger partial charge in [-0.15, -0.1) is 12.4 Å². The van der Waals surface area contributed by atoms with Crippen molar-refractivity contribution in [3.8, 4) is 5.75 Å². The first-order valence-electron chi connectivity index (χ1n) is 16.0. The van der Waals surface area contributed by atoms with Crippen LogP contribution in [0.5, 0.6) is 5.75 Å². The zero-order valence-corrected chi connectivity index (χ0v) is 28.5. The first-order valence-corrected chi connectivity index (χ1v) is 17.5. The lowest BCUT2D eigenvalue weighted by atomic mass is 9.85. The van der Waals surface area contributed by atoms with Crippen LogP contribution in [0.4, 0.5) is 0 Å². The minimum atomic E-state index is -3.74. The Balaban J connectivity index is 0.00000461. The Kier molecular flexibility index (Phi) is 12.7. The van der Waals surface area contributed by atoms with Crippen molar-refractivity contribution < 1.29 is 27.4 Å². The van der Waals surface area contributed by atoms with E-state index in [0.717, 1.165) is 38.0 Å². The summed E-state index contributed by atoms with van der Waals surface area (Å²) in [6.07, 6.45) is 9.98. The number of carbonyl (C=O) groups is 1. The lowest BCUT2D eigenvalue weighted by molar-refractivity contribution is -0.145. The van der Waals surface area contributed by atoms with Crippen molar-refractivity contribution in [2.45, 2.75) is 75.3 Å². The number of amides is 1. The van der Waals surface area contributed by atoms with E-state index in [0.29, 0.717) is 67.3 Å². The Bertz CT molecular complexity index is 1340. The van der Waals surface area contributed by atoms with E-state index in [9.17, 15) is 13.2 Å². The smallest absolute Gasteiger partial charge is 0.248 e. The average Bonchev–Trinajstić information content (AvgIpc) is 3.55. The van der Waals surface area contributed by atoms with Gasteiger partial charge in [-0.2, -0.15) is 4.31 Å². The molecule has 1 amide bonds. The molecule has 1 aromatic carbocycles. The molecule has 0 bridgehead atoms. The number of ether oxygens (including phenoxy) is 3. The van der Waals surface area contributed by atoms with Crippen LogP contribution >= 0.6 is 12.4 Å². The van der Waals surface area contributed by atoms with Crippen LogP contribution < -0.4 is 4.74 Å². The van der Waals surface area contributed by atoms with Crippen molar-refractivity contribution in [3.63, 3.8) is 0 Å². The van der Waals surface area contributed by atoms with E-state index >= 15 is 0 Å². The van der Waals surface area contributed by atoms with Crippen LogP contribution in [0.25, 0.3) is 0 Å². The number of carbonyl (C=O) groups excluding carboxylic acids is 1. The maximum absolute atomic E-state index is 13.8. The summed E-state index contributed by atoms with van der Waals surface area (Å²) in [6.45, 7) is 9.15. The third-order valence-corrected chi connectivity index (χ3v) is 11.7. The molecule has 0 N–H and O–H groups in total. The summed E-state index contributed by atoms with van der Waals surface area (Å²) in [6, 6.07) is 7.22. The lowest BCUT2D eigenvalue weighted by Crippen LogP contribution is -2.49. The maximum atomic E-state index is 13.8. The largest absolute Gasteiger partial charge is 0.497 e. The minimum Gasteiger partial charge on any atom is -0.497 e.